The maximum absolute atomic E-state index is 14.6. The molecule has 2 rings (SSSR count). The summed E-state index contributed by atoms with van der Waals surface area (Å²) >= 11 is 5.87. The lowest BCUT2D eigenvalue weighted by molar-refractivity contribution is 0.0467. The van der Waals surface area contributed by atoms with Gasteiger partial charge >= 0.3 is 5.97 Å². The Morgan fingerprint density at radius 2 is 1.88 bits per heavy atom. The fourth-order valence-corrected chi connectivity index (χ4v) is 3.48. The molecular weight excluding hydrogens is 369 g/mol. The van der Waals surface area contributed by atoms with Gasteiger partial charge < -0.3 is 4.74 Å². The van der Waals surface area contributed by atoms with Crippen LogP contribution in [0.5, 0.6) is 0 Å². The van der Waals surface area contributed by atoms with Crippen LogP contribution < -0.4 is 4.72 Å². The molecule has 0 spiro atoms. The summed E-state index contributed by atoms with van der Waals surface area (Å²) in [5.74, 6) is -2.16. The molecule has 0 saturated carbocycles. The number of halogens is 2. The van der Waals surface area contributed by atoms with Crippen molar-refractivity contribution in [2.75, 3.05) is 10.5 Å². The van der Waals surface area contributed by atoms with E-state index >= 15 is 0 Å². The van der Waals surface area contributed by atoms with Crippen LogP contribution in [0.3, 0.4) is 0 Å². The van der Waals surface area contributed by atoms with Crippen molar-refractivity contribution >= 4 is 33.3 Å². The van der Waals surface area contributed by atoms with Gasteiger partial charge in [0.1, 0.15) is 12.3 Å². The molecule has 0 aliphatic rings. The van der Waals surface area contributed by atoms with Gasteiger partial charge in [-0.3, -0.25) is 4.72 Å². The summed E-state index contributed by atoms with van der Waals surface area (Å²) in [6, 6.07) is 11.3. The largest absolute Gasteiger partial charge is 0.457 e. The van der Waals surface area contributed by atoms with Crippen molar-refractivity contribution in [3.05, 3.63) is 64.4 Å². The van der Waals surface area contributed by atoms with E-state index < -0.39 is 33.1 Å². The van der Waals surface area contributed by atoms with Crippen LogP contribution >= 0.6 is 11.6 Å². The Labute approximate surface area is 150 Å². The van der Waals surface area contributed by atoms with Crippen molar-refractivity contribution in [3.8, 4) is 0 Å². The third kappa shape index (κ3) is 5.17. The van der Waals surface area contributed by atoms with Gasteiger partial charge in [0.25, 0.3) is 0 Å². The zero-order chi connectivity index (χ0) is 18.4. The summed E-state index contributed by atoms with van der Waals surface area (Å²) < 4.78 is 45.4. The number of rotatable bonds is 7. The fraction of sp³-hybridized carbons (Fsp3) is 0.235. The third-order valence-electron chi connectivity index (χ3n) is 3.25. The third-order valence-corrected chi connectivity index (χ3v) is 5.03. The van der Waals surface area contributed by atoms with Crippen molar-refractivity contribution in [1.29, 1.82) is 0 Å². The topological polar surface area (TPSA) is 72.5 Å². The second kappa shape index (κ2) is 8.31. The first-order chi connectivity index (χ1) is 11.8. The van der Waals surface area contributed by atoms with E-state index in [2.05, 4.69) is 4.72 Å². The average molecular weight is 386 g/mol. The lowest BCUT2D eigenvalue weighted by Crippen LogP contribution is -2.18. The van der Waals surface area contributed by atoms with Crippen LogP contribution in [-0.4, -0.2) is 20.1 Å². The zero-order valence-electron chi connectivity index (χ0n) is 13.5. The standard InChI is InChI=1S/C17H17ClFNO4S/c1-2-10-25(22,23)20-16-14(18)9-8-13(15(16)19)17(21)24-11-12-6-4-3-5-7-12/h3-9,20H,2,10-11H2,1H3. The molecule has 8 heteroatoms. The van der Waals surface area contributed by atoms with Crippen LogP contribution in [-0.2, 0) is 21.4 Å². The Morgan fingerprint density at radius 1 is 1.20 bits per heavy atom. The van der Waals surface area contributed by atoms with Gasteiger partial charge in [0, 0.05) is 0 Å². The highest BCUT2D eigenvalue weighted by molar-refractivity contribution is 7.92. The SMILES string of the molecule is CCCS(=O)(=O)Nc1c(Cl)ccc(C(=O)OCc2ccccc2)c1F. The molecule has 0 unspecified atom stereocenters. The van der Waals surface area contributed by atoms with Crippen molar-refractivity contribution < 1.29 is 22.3 Å². The van der Waals surface area contributed by atoms with Crippen LogP contribution in [0.1, 0.15) is 29.3 Å². The van der Waals surface area contributed by atoms with Gasteiger partial charge in [-0.25, -0.2) is 17.6 Å². The molecule has 0 fully saturated rings. The average Bonchev–Trinajstić information content (AvgIpc) is 2.57. The summed E-state index contributed by atoms with van der Waals surface area (Å²) in [6.45, 7) is 1.65. The number of ether oxygens (including phenoxy) is 1. The van der Waals surface area contributed by atoms with E-state index in [0.717, 1.165) is 11.6 Å². The molecule has 2 aromatic carbocycles. The number of hydrogen-bond donors (Lipinski definition) is 1. The van der Waals surface area contributed by atoms with E-state index in [1.807, 2.05) is 6.07 Å². The number of hydrogen-bond acceptors (Lipinski definition) is 4. The summed E-state index contributed by atoms with van der Waals surface area (Å²) in [5.41, 5.74) is -0.104. The number of carbonyl (C=O) groups is 1. The van der Waals surface area contributed by atoms with Gasteiger partial charge in [0.2, 0.25) is 10.0 Å². The van der Waals surface area contributed by atoms with Crippen molar-refractivity contribution in [2.24, 2.45) is 0 Å². The minimum atomic E-state index is -3.75. The molecule has 0 aliphatic carbocycles. The number of nitrogens with one attached hydrogen (secondary N) is 1. The van der Waals surface area contributed by atoms with Crippen LogP contribution in [0, 0.1) is 5.82 Å². The van der Waals surface area contributed by atoms with Crippen molar-refractivity contribution in [1.82, 2.24) is 0 Å². The molecule has 0 amide bonds. The van der Waals surface area contributed by atoms with E-state index in [4.69, 9.17) is 16.3 Å². The summed E-state index contributed by atoms with van der Waals surface area (Å²) in [5, 5.41) is -0.142. The molecule has 0 atom stereocenters. The quantitative estimate of drug-likeness (QED) is 0.731. The molecule has 0 heterocycles. The maximum Gasteiger partial charge on any atom is 0.341 e. The second-order valence-corrected chi connectivity index (χ2v) is 7.52. The van der Waals surface area contributed by atoms with E-state index in [1.165, 1.54) is 6.07 Å². The monoisotopic (exact) mass is 385 g/mol. The Hall–Kier alpha value is -2.12. The summed E-state index contributed by atoms with van der Waals surface area (Å²) in [7, 11) is -3.75. The van der Waals surface area contributed by atoms with Crippen LogP contribution in [0.2, 0.25) is 5.02 Å². The van der Waals surface area contributed by atoms with Gasteiger partial charge in [-0.05, 0) is 24.1 Å². The Bertz CT molecular complexity index is 856. The number of sulfonamides is 1. The molecule has 0 radical (unpaired) electrons. The molecule has 0 saturated heterocycles. The Balaban J connectivity index is 2.21. The molecule has 25 heavy (non-hydrogen) atoms. The van der Waals surface area contributed by atoms with E-state index in [-0.39, 0.29) is 17.4 Å². The molecule has 0 aliphatic heterocycles. The summed E-state index contributed by atoms with van der Waals surface area (Å²) in [4.78, 5) is 12.1. The maximum atomic E-state index is 14.6. The molecule has 134 valence electrons. The van der Waals surface area contributed by atoms with Crippen LogP contribution in [0.4, 0.5) is 10.1 Å². The lowest BCUT2D eigenvalue weighted by Gasteiger charge is -2.12. The molecule has 2 aromatic rings. The normalized spacial score (nSPS) is 11.2. The van der Waals surface area contributed by atoms with Gasteiger partial charge in [-0.15, -0.1) is 0 Å². The van der Waals surface area contributed by atoms with Gasteiger partial charge in [0.15, 0.2) is 5.82 Å². The number of carbonyl (C=O) groups excluding carboxylic acids is 1. The first kappa shape index (κ1) is 19.2. The first-order valence-electron chi connectivity index (χ1n) is 7.53. The predicted molar refractivity (Wildman–Crippen MR) is 94.7 cm³/mol. The van der Waals surface area contributed by atoms with Crippen molar-refractivity contribution in [3.63, 3.8) is 0 Å². The van der Waals surface area contributed by atoms with E-state index in [1.54, 1.807) is 31.2 Å². The first-order valence-corrected chi connectivity index (χ1v) is 9.56. The number of anilines is 1. The fourth-order valence-electron chi connectivity index (χ4n) is 2.08. The summed E-state index contributed by atoms with van der Waals surface area (Å²) in [6.07, 6.45) is 0.355. The minimum Gasteiger partial charge on any atom is -0.457 e. The highest BCUT2D eigenvalue weighted by Crippen LogP contribution is 2.29. The Kier molecular flexibility index (Phi) is 6.39. The van der Waals surface area contributed by atoms with Crippen LogP contribution in [0.15, 0.2) is 42.5 Å². The molecule has 0 aromatic heterocycles. The number of esters is 1. The smallest absolute Gasteiger partial charge is 0.341 e. The predicted octanol–water partition coefficient (Wildman–Crippen LogP) is 3.99. The van der Waals surface area contributed by atoms with Gasteiger partial charge in [-0.1, -0.05) is 48.9 Å². The van der Waals surface area contributed by atoms with E-state index in [9.17, 15) is 17.6 Å². The van der Waals surface area contributed by atoms with E-state index in [0.29, 0.717) is 6.42 Å². The molecule has 5 nitrogen and oxygen atoms in total. The molecule has 0 bridgehead atoms. The Morgan fingerprint density at radius 3 is 2.52 bits per heavy atom. The number of benzene rings is 2. The second-order valence-electron chi connectivity index (χ2n) is 5.27. The molecular formula is C17H17ClFNO4S. The van der Waals surface area contributed by atoms with Gasteiger partial charge in [0.05, 0.1) is 16.3 Å². The highest BCUT2D eigenvalue weighted by Gasteiger charge is 2.22. The minimum absolute atomic E-state index is 0.0291. The highest BCUT2D eigenvalue weighted by atomic mass is 35.5. The molecule has 1 N–H and O–H groups in total. The van der Waals surface area contributed by atoms with Crippen molar-refractivity contribution in [2.45, 2.75) is 20.0 Å². The lowest BCUT2D eigenvalue weighted by atomic mass is 10.2. The van der Waals surface area contributed by atoms with Gasteiger partial charge in [-0.2, -0.15) is 0 Å². The van der Waals surface area contributed by atoms with Crippen LogP contribution in [0.25, 0.3) is 0 Å². The zero-order valence-corrected chi connectivity index (χ0v) is 15.0.